The summed E-state index contributed by atoms with van der Waals surface area (Å²) < 4.78 is 4.81. The summed E-state index contributed by atoms with van der Waals surface area (Å²) in [6, 6.07) is 1.88. The summed E-state index contributed by atoms with van der Waals surface area (Å²) in [4.78, 5) is 0. The smallest absolute Gasteiger partial charge is 0.110 e. The Balaban J connectivity index is 2.41. The van der Waals surface area contributed by atoms with E-state index in [-0.39, 0.29) is 0 Å². The van der Waals surface area contributed by atoms with Crippen LogP contribution in [0.2, 0.25) is 0 Å². The van der Waals surface area contributed by atoms with E-state index in [1.165, 1.54) is 6.08 Å². The first kappa shape index (κ1) is 4.20. The zero-order valence-electron chi connectivity index (χ0n) is 3.85. The highest BCUT2D eigenvalue weighted by molar-refractivity contribution is 5.10. The number of ether oxygens (including phenoxy) is 1. The molecule has 2 nitrogen and oxygen atoms in total. The van der Waals surface area contributed by atoms with Crippen molar-refractivity contribution >= 4 is 0 Å². The minimum absolute atomic E-state index is 0.785. The average Bonchev–Trinajstić information content (AvgIpc) is 1.55. The fourth-order valence-electron chi connectivity index (χ4n) is 0.406. The molecule has 1 saturated heterocycles. The van der Waals surface area contributed by atoms with Gasteiger partial charge in [-0.3, -0.25) is 0 Å². The summed E-state index contributed by atoms with van der Waals surface area (Å²) >= 11 is 0. The van der Waals surface area contributed by atoms with Crippen LogP contribution in [0.4, 0.5) is 0 Å². The molecule has 0 aromatic carbocycles. The third-order valence-electron chi connectivity index (χ3n) is 0.861. The number of nitriles is 1. The van der Waals surface area contributed by atoms with Crippen molar-refractivity contribution in [2.24, 2.45) is 0 Å². The SMILES string of the molecule is N#CC=C1CCO1. The highest BCUT2D eigenvalue weighted by atomic mass is 16.5. The van der Waals surface area contributed by atoms with Gasteiger partial charge >= 0.3 is 0 Å². The summed E-state index contributed by atoms with van der Waals surface area (Å²) in [6.45, 7) is 0.785. The molecule has 7 heavy (non-hydrogen) atoms. The Hall–Kier alpha value is -0.970. The van der Waals surface area contributed by atoms with Gasteiger partial charge < -0.3 is 4.74 Å². The van der Waals surface area contributed by atoms with E-state index in [2.05, 4.69) is 0 Å². The number of nitrogens with zero attached hydrogens (tertiary/aromatic N) is 1. The van der Waals surface area contributed by atoms with Crippen LogP contribution >= 0.6 is 0 Å². The first-order valence-electron chi connectivity index (χ1n) is 2.15. The standard InChI is InChI=1S/C5H5NO/c6-3-1-5-2-4-7-5/h1H,2,4H2. The van der Waals surface area contributed by atoms with E-state index in [0.29, 0.717) is 0 Å². The molecule has 0 saturated carbocycles. The third kappa shape index (κ3) is 0.716. The molecule has 36 valence electrons. The predicted octanol–water partition coefficient (Wildman–Crippen LogP) is 0.814. The molecular formula is C5H5NO. The fourth-order valence-corrected chi connectivity index (χ4v) is 0.406. The van der Waals surface area contributed by atoms with Gasteiger partial charge in [-0.15, -0.1) is 0 Å². The lowest BCUT2D eigenvalue weighted by Crippen LogP contribution is -2.07. The van der Waals surface area contributed by atoms with E-state index >= 15 is 0 Å². The van der Waals surface area contributed by atoms with Gasteiger partial charge in [0.05, 0.1) is 18.8 Å². The van der Waals surface area contributed by atoms with Crippen LogP contribution in [0.5, 0.6) is 0 Å². The van der Waals surface area contributed by atoms with Crippen molar-refractivity contribution in [1.82, 2.24) is 0 Å². The molecule has 1 aliphatic heterocycles. The molecule has 1 rings (SSSR count). The Labute approximate surface area is 42.0 Å². The van der Waals surface area contributed by atoms with Crippen LogP contribution in [0, 0.1) is 11.3 Å². The Morgan fingerprint density at radius 3 is 2.71 bits per heavy atom. The number of hydrogen-bond donors (Lipinski definition) is 0. The van der Waals surface area contributed by atoms with E-state index in [1.54, 1.807) is 0 Å². The first-order chi connectivity index (χ1) is 3.43. The summed E-state index contributed by atoms with van der Waals surface area (Å²) in [5, 5.41) is 8.00. The van der Waals surface area contributed by atoms with Crippen molar-refractivity contribution in [3.05, 3.63) is 11.8 Å². The lowest BCUT2D eigenvalue weighted by Gasteiger charge is -2.16. The van der Waals surface area contributed by atoms with Crippen LogP contribution in [0.15, 0.2) is 11.8 Å². The van der Waals surface area contributed by atoms with E-state index in [4.69, 9.17) is 10.00 Å². The highest BCUT2D eigenvalue weighted by Crippen LogP contribution is 2.13. The summed E-state index contributed by atoms with van der Waals surface area (Å²) in [5.74, 6) is 0.822. The molecule has 0 radical (unpaired) electrons. The normalized spacial score (nSPS) is 22.4. The molecule has 1 heterocycles. The van der Waals surface area contributed by atoms with Crippen LogP contribution in [-0.4, -0.2) is 6.61 Å². The van der Waals surface area contributed by atoms with Crippen LogP contribution in [0.1, 0.15) is 6.42 Å². The van der Waals surface area contributed by atoms with Crippen LogP contribution in [0.25, 0.3) is 0 Å². The lowest BCUT2D eigenvalue weighted by atomic mass is 10.3. The third-order valence-corrected chi connectivity index (χ3v) is 0.861. The summed E-state index contributed by atoms with van der Waals surface area (Å²) in [5.41, 5.74) is 0. The van der Waals surface area contributed by atoms with Gasteiger partial charge in [0.25, 0.3) is 0 Å². The largest absolute Gasteiger partial charge is 0.497 e. The van der Waals surface area contributed by atoms with Crippen molar-refractivity contribution in [2.75, 3.05) is 6.61 Å². The second kappa shape index (κ2) is 1.65. The van der Waals surface area contributed by atoms with Gasteiger partial charge in [-0.05, 0) is 0 Å². The second-order valence-electron chi connectivity index (χ2n) is 1.34. The average molecular weight is 95.1 g/mol. The van der Waals surface area contributed by atoms with Crippen molar-refractivity contribution in [2.45, 2.75) is 6.42 Å². The molecule has 0 spiro atoms. The first-order valence-corrected chi connectivity index (χ1v) is 2.15. The molecule has 2 heteroatoms. The van der Waals surface area contributed by atoms with Crippen molar-refractivity contribution in [3.63, 3.8) is 0 Å². The molecule has 1 fully saturated rings. The molecule has 0 N–H and O–H groups in total. The quantitative estimate of drug-likeness (QED) is 0.417. The van der Waals surface area contributed by atoms with Crippen LogP contribution in [0.3, 0.4) is 0 Å². The molecular weight excluding hydrogens is 90.1 g/mol. The van der Waals surface area contributed by atoms with Gasteiger partial charge in [0.1, 0.15) is 5.76 Å². The summed E-state index contributed by atoms with van der Waals surface area (Å²) in [7, 11) is 0. The molecule has 0 aromatic heterocycles. The number of rotatable bonds is 0. The Morgan fingerprint density at radius 1 is 1.86 bits per heavy atom. The van der Waals surface area contributed by atoms with Gasteiger partial charge in [-0.1, -0.05) is 0 Å². The van der Waals surface area contributed by atoms with Gasteiger partial charge in [-0.2, -0.15) is 5.26 Å². The van der Waals surface area contributed by atoms with Crippen molar-refractivity contribution < 1.29 is 4.74 Å². The van der Waals surface area contributed by atoms with Crippen molar-refractivity contribution in [1.29, 1.82) is 5.26 Å². The highest BCUT2D eigenvalue weighted by Gasteiger charge is 2.06. The van der Waals surface area contributed by atoms with Gasteiger partial charge in [0.15, 0.2) is 0 Å². The van der Waals surface area contributed by atoms with E-state index < -0.39 is 0 Å². The fraction of sp³-hybridized carbons (Fsp3) is 0.400. The second-order valence-corrected chi connectivity index (χ2v) is 1.34. The molecule has 0 aliphatic carbocycles. The zero-order chi connectivity index (χ0) is 5.11. The lowest BCUT2D eigenvalue weighted by molar-refractivity contribution is 0.118. The Kier molecular flexibility index (Phi) is 0.991. The topological polar surface area (TPSA) is 33.0 Å². The van der Waals surface area contributed by atoms with Gasteiger partial charge in [0.2, 0.25) is 0 Å². The maximum absolute atomic E-state index is 8.00. The van der Waals surface area contributed by atoms with Crippen LogP contribution in [-0.2, 0) is 4.74 Å². The zero-order valence-corrected chi connectivity index (χ0v) is 3.85. The van der Waals surface area contributed by atoms with Crippen molar-refractivity contribution in [3.8, 4) is 6.07 Å². The van der Waals surface area contributed by atoms with Crippen LogP contribution < -0.4 is 0 Å². The molecule has 0 unspecified atom stereocenters. The Bertz CT molecular complexity index is 126. The van der Waals surface area contributed by atoms with E-state index in [0.717, 1.165) is 18.8 Å². The van der Waals surface area contributed by atoms with Gasteiger partial charge in [0, 0.05) is 6.42 Å². The van der Waals surface area contributed by atoms with Gasteiger partial charge in [-0.25, -0.2) is 0 Å². The molecule has 0 amide bonds. The minimum atomic E-state index is 0.785. The van der Waals surface area contributed by atoms with E-state index in [1.807, 2.05) is 6.07 Å². The Morgan fingerprint density at radius 2 is 2.57 bits per heavy atom. The predicted molar refractivity (Wildman–Crippen MR) is 24.3 cm³/mol. The van der Waals surface area contributed by atoms with E-state index in [9.17, 15) is 0 Å². The minimum Gasteiger partial charge on any atom is -0.497 e. The number of allylic oxidation sites excluding steroid dienone is 1. The monoisotopic (exact) mass is 95.0 g/mol. The molecule has 0 aromatic rings. The maximum atomic E-state index is 8.00. The number of hydrogen-bond acceptors (Lipinski definition) is 2. The maximum Gasteiger partial charge on any atom is 0.110 e. The molecule has 1 aliphatic rings. The molecule has 0 atom stereocenters. The molecule has 0 bridgehead atoms. The summed E-state index contributed by atoms with van der Waals surface area (Å²) in [6.07, 6.45) is 2.37.